The van der Waals surface area contributed by atoms with Crippen LogP contribution in [0.25, 0.3) is 10.8 Å². The van der Waals surface area contributed by atoms with Crippen molar-refractivity contribution in [2.24, 2.45) is 0 Å². The zero-order chi connectivity index (χ0) is 33.5. The molecule has 4 aromatic rings. The number of nitrogens with zero attached hydrogens (tertiary/aromatic N) is 1. The number of nitrogens with one attached hydrogen (secondary N) is 3. The van der Waals surface area contributed by atoms with Gasteiger partial charge in [0.1, 0.15) is 5.82 Å². The van der Waals surface area contributed by atoms with Crippen molar-refractivity contribution in [3.8, 4) is 11.5 Å². The Kier molecular flexibility index (Phi) is 10.5. The lowest BCUT2D eigenvalue weighted by molar-refractivity contribution is -0.213. The average Bonchev–Trinajstić information content (AvgIpc) is 3.00. The van der Waals surface area contributed by atoms with E-state index < -0.39 is 29.9 Å². The van der Waals surface area contributed by atoms with Crippen LogP contribution in [0.5, 0.6) is 11.5 Å². The lowest BCUT2D eigenvalue weighted by atomic mass is 9.97. The number of ether oxygens (including phenoxy) is 3. The molecule has 0 bridgehead atoms. The van der Waals surface area contributed by atoms with Gasteiger partial charge in [-0.1, -0.05) is 18.2 Å². The highest BCUT2D eigenvalue weighted by atomic mass is 19.4. The summed E-state index contributed by atoms with van der Waals surface area (Å²) in [5.74, 6) is -3.42. The second kappa shape index (κ2) is 14.3. The number of hydrogen-bond acceptors (Lipinski definition) is 9. The van der Waals surface area contributed by atoms with Gasteiger partial charge in [-0.05, 0) is 87.2 Å². The Hall–Kier alpha value is -5.20. The fourth-order valence-corrected chi connectivity index (χ4v) is 4.77. The van der Waals surface area contributed by atoms with E-state index in [1.54, 1.807) is 57.2 Å². The van der Waals surface area contributed by atoms with E-state index >= 15 is 0 Å². The maximum Gasteiger partial charge on any atom is 0.491 e. The molecule has 244 valence electrons. The summed E-state index contributed by atoms with van der Waals surface area (Å²) in [5.41, 5.74) is 4.52. The molecule has 0 saturated carbocycles. The lowest BCUT2D eigenvalue weighted by Gasteiger charge is -2.36. The summed E-state index contributed by atoms with van der Waals surface area (Å²) in [6, 6.07) is 17.7. The largest absolute Gasteiger partial charge is 0.491 e. The second-order valence-electron chi connectivity index (χ2n) is 10.5. The van der Waals surface area contributed by atoms with Gasteiger partial charge in [0.05, 0.1) is 18.3 Å². The highest BCUT2D eigenvalue weighted by Crippen LogP contribution is 2.43. The maximum absolute atomic E-state index is 14.4. The Bertz CT molecular complexity index is 1700. The van der Waals surface area contributed by atoms with Gasteiger partial charge in [0.15, 0.2) is 11.5 Å². The maximum atomic E-state index is 14.4. The van der Waals surface area contributed by atoms with Gasteiger partial charge >= 0.3 is 12.1 Å². The number of carbonyl (C=O) groups excluding carboxylic acids is 2. The Labute approximate surface area is 264 Å². The summed E-state index contributed by atoms with van der Waals surface area (Å²) in [4.78, 5) is 31.1. The molecule has 0 spiro atoms. The van der Waals surface area contributed by atoms with Crippen LogP contribution < -0.4 is 31.2 Å². The first-order valence-electron chi connectivity index (χ1n) is 14.6. The number of para-hydroxylation sites is 1. The van der Waals surface area contributed by atoms with Gasteiger partial charge in [-0.25, -0.2) is 9.78 Å². The van der Waals surface area contributed by atoms with E-state index in [0.29, 0.717) is 22.9 Å². The summed E-state index contributed by atoms with van der Waals surface area (Å²) in [5, 5.41) is 9.77. The first kappa shape index (κ1) is 33.7. The predicted octanol–water partition coefficient (Wildman–Crippen LogP) is 6.12. The minimum absolute atomic E-state index is 0.0830. The van der Waals surface area contributed by atoms with Crippen molar-refractivity contribution >= 4 is 39.8 Å². The number of pyridine rings is 1. The number of nitrogen functional groups attached to an aromatic ring is 1. The third kappa shape index (κ3) is 7.71. The van der Waals surface area contributed by atoms with Crippen LogP contribution in [-0.2, 0) is 26.6 Å². The quantitative estimate of drug-likeness (QED) is 0.101. The standard InChI is InChI=1S/C33H36F3N5O5/c1-5-38-23-10-7-9-21(17-23)19-40-30(42)32(46-31(43)33(34,35)36,26-11-8-12-27(44-6-2)28(26)45-20(3)4)41-24-13-14-25-22(18-24)15-16-39-29(25)37/h7-18,20,38,41H,5-6,19H2,1-4H3,(H2,37,39)(H,40,42). The van der Waals surface area contributed by atoms with E-state index in [9.17, 15) is 22.8 Å². The van der Waals surface area contributed by atoms with E-state index in [1.165, 1.54) is 30.5 Å². The summed E-state index contributed by atoms with van der Waals surface area (Å²) in [7, 11) is 0. The van der Waals surface area contributed by atoms with Crippen LogP contribution in [0.3, 0.4) is 0 Å². The van der Waals surface area contributed by atoms with E-state index in [2.05, 4.69) is 20.9 Å². The van der Waals surface area contributed by atoms with Crippen LogP contribution in [0.15, 0.2) is 72.9 Å². The molecule has 1 atom stereocenters. The molecule has 0 saturated heterocycles. The molecule has 1 amide bonds. The Morgan fingerprint density at radius 3 is 2.43 bits per heavy atom. The SMILES string of the molecule is CCNc1cccc(CNC(=O)C(Nc2ccc3c(N)nccc3c2)(OC(=O)C(F)(F)F)c2cccc(OCC)c2OC(C)C)c1. The van der Waals surface area contributed by atoms with E-state index in [0.717, 1.165) is 5.69 Å². The number of benzene rings is 3. The number of hydrogen-bond donors (Lipinski definition) is 4. The smallest absolute Gasteiger partial charge is 0.490 e. The zero-order valence-corrected chi connectivity index (χ0v) is 25.8. The number of carbonyl (C=O) groups is 2. The third-order valence-corrected chi connectivity index (χ3v) is 6.69. The van der Waals surface area contributed by atoms with Gasteiger partial charge < -0.3 is 35.9 Å². The van der Waals surface area contributed by atoms with Crippen molar-refractivity contribution in [2.75, 3.05) is 29.5 Å². The molecule has 0 aliphatic rings. The zero-order valence-electron chi connectivity index (χ0n) is 25.8. The fraction of sp³-hybridized carbons (Fsp3) is 0.303. The Balaban J connectivity index is 1.93. The van der Waals surface area contributed by atoms with E-state index in [1.807, 2.05) is 13.0 Å². The molecule has 1 unspecified atom stereocenters. The summed E-state index contributed by atoms with van der Waals surface area (Å²) >= 11 is 0. The number of nitrogens with two attached hydrogens (primary N) is 1. The molecule has 0 radical (unpaired) electrons. The average molecular weight is 640 g/mol. The normalized spacial score (nSPS) is 12.7. The van der Waals surface area contributed by atoms with Gasteiger partial charge in [-0.2, -0.15) is 13.2 Å². The van der Waals surface area contributed by atoms with Crippen molar-refractivity contribution in [3.05, 3.63) is 84.1 Å². The number of amides is 1. The summed E-state index contributed by atoms with van der Waals surface area (Å²) < 4.78 is 58.7. The highest BCUT2D eigenvalue weighted by molar-refractivity contribution is 5.96. The summed E-state index contributed by atoms with van der Waals surface area (Å²) in [6.45, 7) is 7.74. The summed E-state index contributed by atoms with van der Waals surface area (Å²) in [6.07, 6.45) is -4.50. The van der Waals surface area contributed by atoms with Crippen LogP contribution in [-0.4, -0.2) is 42.3 Å². The molecule has 3 aromatic carbocycles. The van der Waals surface area contributed by atoms with Gasteiger partial charge in [-0.15, -0.1) is 0 Å². The molecule has 5 N–H and O–H groups in total. The molecule has 1 heterocycles. The Morgan fingerprint density at radius 1 is 0.978 bits per heavy atom. The van der Waals surface area contributed by atoms with Gasteiger partial charge in [-0.3, -0.25) is 4.79 Å². The fourth-order valence-electron chi connectivity index (χ4n) is 4.77. The molecule has 13 heteroatoms. The number of esters is 1. The topological polar surface area (TPSA) is 137 Å². The molecule has 1 aromatic heterocycles. The monoisotopic (exact) mass is 639 g/mol. The molecule has 0 fully saturated rings. The van der Waals surface area contributed by atoms with Crippen LogP contribution in [0.2, 0.25) is 0 Å². The number of anilines is 3. The van der Waals surface area contributed by atoms with Gasteiger partial charge in [0, 0.05) is 36.0 Å². The number of fused-ring (bicyclic) bond motifs is 1. The molecule has 4 rings (SSSR count). The van der Waals surface area contributed by atoms with Crippen molar-refractivity contribution in [2.45, 2.75) is 52.2 Å². The van der Waals surface area contributed by atoms with E-state index in [-0.39, 0.29) is 41.7 Å². The van der Waals surface area contributed by atoms with Gasteiger partial charge in [0.2, 0.25) is 0 Å². The molecular weight excluding hydrogens is 603 g/mol. The first-order chi connectivity index (χ1) is 21.9. The molecule has 0 aliphatic carbocycles. The van der Waals surface area contributed by atoms with Crippen LogP contribution in [0, 0.1) is 0 Å². The Morgan fingerprint density at radius 2 is 1.74 bits per heavy atom. The third-order valence-electron chi connectivity index (χ3n) is 6.69. The molecular formula is C33H36F3N5O5. The minimum Gasteiger partial charge on any atom is -0.490 e. The van der Waals surface area contributed by atoms with E-state index in [4.69, 9.17) is 19.9 Å². The number of aromatic nitrogens is 1. The number of rotatable bonds is 13. The van der Waals surface area contributed by atoms with Crippen molar-refractivity contribution in [1.82, 2.24) is 10.3 Å². The first-order valence-corrected chi connectivity index (χ1v) is 14.6. The predicted molar refractivity (Wildman–Crippen MR) is 169 cm³/mol. The van der Waals surface area contributed by atoms with Crippen LogP contribution in [0.4, 0.5) is 30.4 Å². The minimum atomic E-state index is -5.45. The molecule has 10 nitrogen and oxygen atoms in total. The molecule has 46 heavy (non-hydrogen) atoms. The van der Waals surface area contributed by atoms with Crippen LogP contribution in [0.1, 0.15) is 38.8 Å². The number of halogens is 3. The molecule has 0 aliphatic heterocycles. The van der Waals surface area contributed by atoms with Gasteiger partial charge in [0.25, 0.3) is 11.6 Å². The van der Waals surface area contributed by atoms with Crippen molar-refractivity contribution in [3.63, 3.8) is 0 Å². The number of alkyl halides is 3. The van der Waals surface area contributed by atoms with Crippen LogP contribution >= 0.6 is 0 Å². The lowest BCUT2D eigenvalue weighted by Crippen LogP contribution is -2.54. The van der Waals surface area contributed by atoms with Crippen molar-refractivity contribution in [1.29, 1.82) is 0 Å². The highest BCUT2D eigenvalue weighted by Gasteiger charge is 2.53. The second-order valence-corrected chi connectivity index (χ2v) is 10.5. The van der Waals surface area contributed by atoms with Crippen molar-refractivity contribution < 1.29 is 37.0 Å².